The number of hydrogen-bond donors (Lipinski definition) is 0. The molecule has 0 saturated heterocycles. The van der Waals surface area contributed by atoms with Gasteiger partial charge >= 0.3 is 0 Å². The van der Waals surface area contributed by atoms with E-state index in [1.54, 1.807) is 30.1 Å². The summed E-state index contributed by atoms with van der Waals surface area (Å²) in [7, 11) is 1.76. The number of nitrogens with zero attached hydrogens (tertiary/aromatic N) is 3. The number of aromatic nitrogens is 1. The molecule has 4 heteroatoms. The maximum atomic E-state index is 12.1. The number of carbonyl (C=O) groups excluding carboxylic acids is 1. The predicted molar refractivity (Wildman–Crippen MR) is 70.0 cm³/mol. The van der Waals surface area contributed by atoms with E-state index >= 15 is 0 Å². The van der Waals surface area contributed by atoms with Crippen LogP contribution in [0.3, 0.4) is 0 Å². The van der Waals surface area contributed by atoms with Crippen LogP contribution in [0.5, 0.6) is 0 Å². The van der Waals surface area contributed by atoms with E-state index in [1.165, 1.54) is 0 Å². The van der Waals surface area contributed by atoms with Gasteiger partial charge in [0.15, 0.2) is 0 Å². The average molecular weight is 245 g/mol. The van der Waals surface area contributed by atoms with Gasteiger partial charge in [0.1, 0.15) is 17.5 Å². The summed E-state index contributed by atoms with van der Waals surface area (Å²) in [4.78, 5) is 17.7. The van der Waals surface area contributed by atoms with Crippen molar-refractivity contribution in [1.29, 1.82) is 5.26 Å². The molecule has 1 aromatic rings. The second-order valence-corrected chi connectivity index (χ2v) is 5.56. The molecule has 1 rings (SSSR count). The monoisotopic (exact) mass is 245 g/mol. The topological polar surface area (TPSA) is 57.0 Å². The first-order chi connectivity index (χ1) is 8.33. The van der Waals surface area contributed by atoms with Crippen molar-refractivity contribution in [3.05, 3.63) is 29.6 Å². The highest BCUT2D eigenvalue weighted by Gasteiger charge is 2.17. The molecule has 1 amide bonds. The van der Waals surface area contributed by atoms with Crippen molar-refractivity contribution in [3.63, 3.8) is 0 Å². The molecule has 1 aromatic heterocycles. The Kier molecular flexibility index (Phi) is 4.43. The molecular formula is C14H19N3O. The van der Waals surface area contributed by atoms with Gasteiger partial charge in [-0.3, -0.25) is 4.79 Å². The quantitative estimate of drug-likeness (QED) is 0.822. The van der Waals surface area contributed by atoms with E-state index in [4.69, 9.17) is 5.26 Å². The third-order valence-corrected chi connectivity index (χ3v) is 2.63. The highest BCUT2D eigenvalue weighted by Crippen LogP contribution is 2.18. The molecule has 0 saturated carbocycles. The summed E-state index contributed by atoms with van der Waals surface area (Å²) >= 11 is 0. The fraction of sp³-hybridized carbons (Fsp3) is 0.500. The Hall–Kier alpha value is -1.89. The molecule has 18 heavy (non-hydrogen) atoms. The molecule has 0 spiro atoms. The maximum Gasteiger partial charge on any atom is 0.272 e. The number of carbonyl (C=O) groups is 1. The SMILES string of the molecule is CN(CCC(C)(C)C)C(=O)c1cccc(C#N)n1. The smallest absolute Gasteiger partial charge is 0.272 e. The zero-order valence-corrected chi connectivity index (χ0v) is 11.4. The highest BCUT2D eigenvalue weighted by molar-refractivity contribution is 5.92. The molecular weight excluding hydrogens is 226 g/mol. The van der Waals surface area contributed by atoms with Gasteiger partial charge in [-0.05, 0) is 24.0 Å². The second kappa shape index (κ2) is 5.63. The second-order valence-electron chi connectivity index (χ2n) is 5.56. The number of rotatable bonds is 3. The van der Waals surface area contributed by atoms with Gasteiger partial charge in [0, 0.05) is 13.6 Å². The van der Waals surface area contributed by atoms with Gasteiger partial charge in [-0.25, -0.2) is 4.98 Å². The lowest BCUT2D eigenvalue weighted by atomic mass is 9.92. The van der Waals surface area contributed by atoms with E-state index in [-0.39, 0.29) is 17.0 Å². The highest BCUT2D eigenvalue weighted by atomic mass is 16.2. The molecule has 0 N–H and O–H groups in total. The van der Waals surface area contributed by atoms with Crippen LogP contribution in [0.4, 0.5) is 0 Å². The van der Waals surface area contributed by atoms with Crippen molar-refractivity contribution in [3.8, 4) is 6.07 Å². The number of nitriles is 1. The molecule has 0 aromatic carbocycles. The lowest BCUT2D eigenvalue weighted by molar-refractivity contribution is 0.0774. The van der Waals surface area contributed by atoms with E-state index in [9.17, 15) is 4.79 Å². The third kappa shape index (κ3) is 4.17. The van der Waals surface area contributed by atoms with E-state index in [1.807, 2.05) is 6.07 Å². The van der Waals surface area contributed by atoms with Crippen LogP contribution in [0.25, 0.3) is 0 Å². The Morgan fingerprint density at radius 3 is 2.67 bits per heavy atom. The Morgan fingerprint density at radius 2 is 2.11 bits per heavy atom. The van der Waals surface area contributed by atoms with Crippen LogP contribution in [0, 0.1) is 16.7 Å². The molecule has 4 nitrogen and oxygen atoms in total. The Morgan fingerprint density at radius 1 is 1.44 bits per heavy atom. The predicted octanol–water partition coefficient (Wildman–Crippen LogP) is 2.46. The first kappa shape index (κ1) is 14.2. The van der Waals surface area contributed by atoms with Crippen molar-refractivity contribution in [1.82, 2.24) is 9.88 Å². The van der Waals surface area contributed by atoms with Crippen LogP contribution >= 0.6 is 0 Å². The standard InChI is InChI=1S/C14H19N3O/c1-14(2,3)8-9-17(4)13(18)12-7-5-6-11(10-15)16-12/h5-7H,8-9H2,1-4H3. The minimum Gasteiger partial charge on any atom is -0.340 e. The van der Waals surface area contributed by atoms with Crippen LogP contribution in [-0.2, 0) is 0 Å². The minimum absolute atomic E-state index is 0.142. The first-order valence-corrected chi connectivity index (χ1v) is 5.96. The summed E-state index contributed by atoms with van der Waals surface area (Å²) in [6.45, 7) is 7.10. The van der Waals surface area contributed by atoms with Crippen molar-refractivity contribution in [2.75, 3.05) is 13.6 Å². The van der Waals surface area contributed by atoms with E-state index in [0.29, 0.717) is 12.2 Å². The van der Waals surface area contributed by atoms with Gasteiger partial charge in [0.2, 0.25) is 0 Å². The van der Waals surface area contributed by atoms with Gasteiger partial charge in [0.25, 0.3) is 5.91 Å². The van der Waals surface area contributed by atoms with Gasteiger partial charge in [-0.2, -0.15) is 5.26 Å². The Balaban J connectivity index is 2.72. The number of hydrogen-bond acceptors (Lipinski definition) is 3. The summed E-state index contributed by atoms with van der Waals surface area (Å²) in [5.41, 5.74) is 0.784. The molecule has 0 aliphatic rings. The molecule has 0 bridgehead atoms. The fourth-order valence-corrected chi connectivity index (χ4v) is 1.42. The van der Waals surface area contributed by atoms with Crippen molar-refractivity contribution in [2.24, 2.45) is 5.41 Å². The zero-order chi connectivity index (χ0) is 13.8. The summed E-state index contributed by atoms with van der Waals surface area (Å²) in [6.07, 6.45) is 0.924. The molecule has 0 aliphatic heterocycles. The van der Waals surface area contributed by atoms with Crippen molar-refractivity contribution in [2.45, 2.75) is 27.2 Å². The normalized spacial score (nSPS) is 10.8. The van der Waals surface area contributed by atoms with Crippen molar-refractivity contribution < 1.29 is 4.79 Å². The van der Waals surface area contributed by atoms with Gasteiger partial charge in [0.05, 0.1) is 0 Å². The van der Waals surface area contributed by atoms with Gasteiger partial charge < -0.3 is 4.90 Å². The number of pyridine rings is 1. The van der Waals surface area contributed by atoms with Gasteiger partial charge in [-0.1, -0.05) is 26.8 Å². The zero-order valence-electron chi connectivity index (χ0n) is 11.4. The van der Waals surface area contributed by atoms with Crippen molar-refractivity contribution >= 4 is 5.91 Å². The minimum atomic E-state index is -0.142. The lowest BCUT2D eigenvalue weighted by Gasteiger charge is -2.23. The molecule has 96 valence electrons. The Bertz CT molecular complexity index is 469. The lowest BCUT2D eigenvalue weighted by Crippen LogP contribution is -2.30. The van der Waals surface area contributed by atoms with Crippen LogP contribution in [0.1, 0.15) is 43.4 Å². The summed E-state index contributed by atoms with van der Waals surface area (Å²) in [6, 6.07) is 6.84. The van der Waals surface area contributed by atoms with E-state index in [0.717, 1.165) is 6.42 Å². The van der Waals surface area contributed by atoms with Crippen LogP contribution in [0.2, 0.25) is 0 Å². The molecule has 0 atom stereocenters. The number of amides is 1. The largest absolute Gasteiger partial charge is 0.340 e. The molecule has 0 aliphatic carbocycles. The van der Waals surface area contributed by atoms with Gasteiger partial charge in [-0.15, -0.1) is 0 Å². The van der Waals surface area contributed by atoms with Crippen LogP contribution in [-0.4, -0.2) is 29.4 Å². The average Bonchev–Trinajstić information content (AvgIpc) is 2.34. The molecule has 0 radical (unpaired) electrons. The summed E-state index contributed by atoms with van der Waals surface area (Å²) in [5, 5.41) is 8.76. The third-order valence-electron chi connectivity index (χ3n) is 2.63. The maximum absolute atomic E-state index is 12.1. The Labute approximate surface area is 108 Å². The van der Waals surface area contributed by atoms with E-state index in [2.05, 4.69) is 25.8 Å². The van der Waals surface area contributed by atoms with Crippen LogP contribution < -0.4 is 0 Å². The summed E-state index contributed by atoms with van der Waals surface area (Å²) in [5.74, 6) is -0.142. The fourth-order valence-electron chi connectivity index (χ4n) is 1.42. The van der Waals surface area contributed by atoms with E-state index < -0.39 is 0 Å². The van der Waals surface area contributed by atoms with Crippen LogP contribution in [0.15, 0.2) is 18.2 Å². The molecule has 1 heterocycles. The first-order valence-electron chi connectivity index (χ1n) is 5.96. The molecule has 0 unspecified atom stereocenters. The molecule has 0 fully saturated rings. The summed E-state index contributed by atoms with van der Waals surface area (Å²) < 4.78 is 0.